The van der Waals surface area contributed by atoms with Gasteiger partial charge in [-0.1, -0.05) is 0 Å². The van der Waals surface area contributed by atoms with Crippen LogP contribution >= 0.6 is 0 Å². The first kappa shape index (κ1) is 27.0. The van der Waals surface area contributed by atoms with Crippen LogP contribution in [0.4, 0.5) is 13.2 Å². The third-order valence-corrected chi connectivity index (χ3v) is 2.36. The van der Waals surface area contributed by atoms with Crippen LogP contribution in [0.25, 0.3) is 0 Å². The number of hydrogen-bond donors (Lipinski definition) is 0. The topological polar surface area (TPSA) is 111 Å². The van der Waals surface area contributed by atoms with E-state index in [2.05, 4.69) is 9.97 Å². The van der Waals surface area contributed by atoms with Crippen LogP contribution in [0, 0.1) is 22.7 Å². The Hall–Kier alpha value is -1.18. The van der Waals surface area contributed by atoms with Crippen LogP contribution in [0.1, 0.15) is 17.2 Å². The number of aromatic nitrogens is 2. The largest absolute Gasteiger partial charge is 1.00 e. The molecule has 0 aliphatic carbocycles. The Morgan fingerprint density at radius 3 is 1.69 bits per heavy atom. The molecular weight excluding hydrogens is 368 g/mol. The van der Waals surface area contributed by atoms with Crippen molar-refractivity contribution in [2.24, 2.45) is 0 Å². The number of halogens is 3. The summed E-state index contributed by atoms with van der Waals surface area (Å²) in [7, 11) is 3.30. The molecule has 1 aromatic heterocycles. The molecule has 1 heterocycles. The molecule has 1 rings (SSSR count). The number of rotatable bonds is 9. The molecule has 0 atom stereocenters. The van der Waals surface area contributed by atoms with Gasteiger partial charge in [0.1, 0.15) is 0 Å². The van der Waals surface area contributed by atoms with Crippen molar-refractivity contribution in [2.75, 3.05) is 53.9 Å². The van der Waals surface area contributed by atoms with Crippen molar-refractivity contribution in [2.45, 2.75) is 6.18 Å². The molecule has 0 radical (unpaired) electrons. The van der Waals surface area contributed by atoms with E-state index < -0.39 is 23.4 Å². The van der Waals surface area contributed by atoms with Crippen LogP contribution in [-0.4, -0.2) is 58.8 Å². The fourth-order valence-electron chi connectivity index (χ4n) is 1.23. The van der Waals surface area contributed by atoms with E-state index in [0.717, 1.165) is 0 Å². The quantitative estimate of drug-likeness (QED) is 0.358. The summed E-state index contributed by atoms with van der Waals surface area (Å²) >= 11 is 0. The number of alkyl halides is 3. The van der Waals surface area contributed by atoms with Gasteiger partial charge in [0.15, 0.2) is 0 Å². The standard InChI is InChI=1S/C8H18O4.C6F3N4.Na/c1-9-3-5-11-7-8-12-6-4-10-2;7-6(8,9)5-12-3(1-10)4(2-11)13-5;/h3-8H2,1-2H3;;/q;-1;+1. The van der Waals surface area contributed by atoms with Crippen molar-refractivity contribution >= 4 is 0 Å². The molecule has 0 saturated heterocycles. The smallest absolute Gasteiger partial charge is 0.422 e. The number of nitrogens with zero attached hydrogens (tertiary/aromatic N) is 4. The number of methoxy groups -OCH3 is 2. The van der Waals surface area contributed by atoms with Gasteiger partial charge in [-0.15, -0.1) is 0 Å². The van der Waals surface area contributed by atoms with E-state index in [1.54, 1.807) is 14.2 Å². The Morgan fingerprint density at radius 1 is 0.923 bits per heavy atom. The summed E-state index contributed by atoms with van der Waals surface area (Å²) in [6.07, 6.45) is -4.72. The average Bonchev–Trinajstić information content (AvgIpc) is 3.02. The molecule has 0 unspecified atom stereocenters. The van der Waals surface area contributed by atoms with Crippen molar-refractivity contribution in [3.8, 4) is 12.1 Å². The fraction of sp³-hybridized carbons (Fsp3) is 0.643. The number of hydrogen-bond acceptors (Lipinski definition) is 7. The van der Waals surface area contributed by atoms with Gasteiger partial charge in [0.05, 0.1) is 63.2 Å². The van der Waals surface area contributed by atoms with Gasteiger partial charge in [-0.05, 0) is 0 Å². The predicted octanol–water partition coefficient (Wildman–Crippen LogP) is -1.88. The van der Waals surface area contributed by atoms with Crippen LogP contribution in [0.15, 0.2) is 0 Å². The van der Waals surface area contributed by atoms with E-state index in [9.17, 15) is 13.2 Å². The first-order valence-corrected chi connectivity index (χ1v) is 6.96. The van der Waals surface area contributed by atoms with Crippen molar-refractivity contribution in [1.29, 1.82) is 10.5 Å². The molecule has 0 aliphatic heterocycles. The van der Waals surface area contributed by atoms with Crippen molar-refractivity contribution in [3.63, 3.8) is 0 Å². The van der Waals surface area contributed by atoms with Crippen molar-refractivity contribution in [3.05, 3.63) is 17.2 Å². The molecule has 8 nitrogen and oxygen atoms in total. The van der Waals surface area contributed by atoms with E-state index in [4.69, 9.17) is 29.5 Å². The Labute approximate surface area is 171 Å². The van der Waals surface area contributed by atoms with Crippen LogP contribution in [-0.2, 0) is 25.1 Å². The minimum Gasteiger partial charge on any atom is -0.422 e. The summed E-state index contributed by atoms with van der Waals surface area (Å²) in [4.78, 5) is 5.70. The van der Waals surface area contributed by atoms with Crippen molar-refractivity contribution < 1.29 is 61.7 Å². The van der Waals surface area contributed by atoms with Crippen LogP contribution in [0.2, 0.25) is 0 Å². The third-order valence-electron chi connectivity index (χ3n) is 2.36. The minimum atomic E-state index is -4.72. The summed E-state index contributed by atoms with van der Waals surface area (Å²) in [6, 6.07) is 2.69. The summed E-state index contributed by atoms with van der Waals surface area (Å²) in [6.45, 7) is 3.77. The molecule has 0 aliphatic rings. The average molecular weight is 386 g/mol. The molecule has 0 bridgehead atoms. The zero-order chi connectivity index (χ0) is 19.1. The zero-order valence-electron chi connectivity index (χ0n) is 14.8. The van der Waals surface area contributed by atoms with E-state index in [-0.39, 0.29) is 29.6 Å². The van der Waals surface area contributed by atoms with Gasteiger partial charge < -0.3 is 28.9 Å². The van der Waals surface area contributed by atoms with Crippen LogP contribution in [0.3, 0.4) is 0 Å². The monoisotopic (exact) mass is 386 g/mol. The Bertz CT molecular complexity index is 529. The van der Waals surface area contributed by atoms with Gasteiger partial charge >= 0.3 is 35.7 Å². The van der Waals surface area contributed by atoms with Gasteiger partial charge in [-0.25, -0.2) is 0 Å². The van der Waals surface area contributed by atoms with Gasteiger partial charge in [0.2, 0.25) is 0 Å². The minimum absolute atomic E-state index is 0. The van der Waals surface area contributed by atoms with Crippen molar-refractivity contribution in [1.82, 2.24) is 9.97 Å². The number of nitriles is 2. The van der Waals surface area contributed by atoms with E-state index >= 15 is 0 Å². The second-order valence-corrected chi connectivity index (χ2v) is 4.18. The second-order valence-electron chi connectivity index (χ2n) is 4.18. The Morgan fingerprint density at radius 2 is 1.38 bits per heavy atom. The normalized spacial score (nSPS) is 10.1. The molecule has 0 spiro atoms. The molecule has 0 fully saturated rings. The van der Waals surface area contributed by atoms with Gasteiger partial charge in [0.25, 0.3) is 0 Å². The number of imidazole rings is 1. The zero-order valence-corrected chi connectivity index (χ0v) is 16.8. The molecule has 0 amide bonds. The predicted molar refractivity (Wildman–Crippen MR) is 77.4 cm³/mol. The molecule has 12 heteroatoms. The second kappa shape index (κ2) is 16.0. The maximum Gasteiger partial charge on any atom is 1.00 e. The molecule has 0 saturated carbocycles. The summed E-state index contributed by atoms with van der Waals surface area (Å²) in [5.41, 5.74) is -1.20. The molecular formula is C14H18F3N4NaO4. The van der Waals surface area contributed by atoms with E-state index in [1.807, 2.05) is 0 Å². The summed E-state index contributed by atoms with van der Waals surface area (Å²) in [5.74, 6) is -1.46. The molecule has 0 aromatic carbocycles. The Kier molecular flexibility index (Phi) is 16.7. The SMILES string of the molecule is COCCOCCOCCOC.N#Cc1nc(C(F)(F)F)[n-]c1C#N.[Na+]. The third kappa shape index (κ3) is 12.2. The van der Waals surface area contributed by atoms with Crippen LogP contribution in [0.5, 0.6) is 0 Å². The molecule has 140 valence electrons. The number of ether oxygens (including phenoxy) is 4. The summed E-state index contributed by atoms with van der Waals surface area (Å²) in [5, 5.41) is 16.5. The first-order chi connectivity index (χ1) is 11.9. The summed E-state index contributed by atoms with van der Waals surface area (Å²) < 4.78 is 55.7. The van der Waals surface area contributed by atoms with Gasteiger partial charge in [0, 0.05) is 20.0 Å². The molecule has 1 aromatic rings. The fourth-order valence-corrected chi connectivity index (χ4v) is 1.23. The van der Waals surface area contributed by atoms with Gasteiger partial charge in [-0.2, -0.15) is 23.7 Å². The van der Waals surface area contributed by atoms with Gasteiger partial charge in [-0.3, -0.25) is 0 Å². The Balaban J connectivity index is 0. The maximum absolute atomic E-state index is 11.9. The van der Waals surface area contributed by atoms with E-state index in [1.165, 1.54) is 12.1 Å². The maximum atomic E-state index is 11.9. The molecule has 0 N–H and O–H groups in total. The molecule has 26 heavy (non-hydrogen) atoms. The van der Waals surface area contributed by atoms with Crippen LogP contribution < -0.4 is 34.5 Å². The first-order valence-electron chi connectivity index (χ1n) is 6.96. The van der Waals surface area contributed by atoms with E-state index in [0.29, 0.717) is 39.6 Å².